The summed E-state index contributed by atoms with van der Waals surface area (Å²) >= 11 is 0. The number of likely N-dealkylation sites (tertiary alicyclic amines) is 1. The van der Waals surface area contributed by atoms with Crippen LogP contribution in [0.5, 0.6) is 5.75 Å². The Morgan fingerprint density at radius 1 is 1.25 bits per heavy atom. The van der Waals surface area contributed by atoms with Crippen molar-refractivity contribution in [2.24, 2.45) is 5.73 Å². The van der Waals surface area contributed by atoms with Crippen LogP contribution in [0.2, 0.25) is 0 Å². The van der Waals surface area contributed by atoms with Crippen LogP contribution < -0.4 is 10.5 Å². The van der Waals surface area contributed by atoms with Gasteiger partial charge < -0.3 is 15.4 Å². The fraction of sp³-hybridized carbons (Fsp3) is 0.353. The number of aromatic amines is 1. The van der Waals surface area contributed by atoms with Gasteiger partial charge in [0.25, 0.3) is 11.8 Å². The number of amides is 2. The van der Waals surface area contributed by atoms with Crippen molar-refractivity contribution >= 4 is 11.8 Å². The van der Waals surface area contributed by atoms with Gasteiger partial charge in [0.15, 0.2) is 6.61 Å². The maximum Gasteiger partial charge on any atom is 0.269 e. The Morgan fingerprint density at radius 3 is 2.58 bits per heavy atom. The van der Waals surface area contributed by atoms with Crippen molar-refractivity contribution in [2.75, 3.05) is 19.7 Å². The van der Waals surface area contributed by atoms with Gasteiger partial charge in [0.05, 0.1) is 0 Å². The van der Waals surface area contributed by atoms with E-state index in [0.29, 0.717) is 18.8 Å². The number of primary amides is 1. The van der Waals surface area contributed by atoms with Gasteiger partial charge in [0, 0.05) is 24.7 Å². The molecule has 7 nitrogen and oxygen atoms in total. The van der Waals surface area contributed by atoms with Crippen LogP contribution in [0.3, 0.4) is 0 Å². The van der Waals surface area contributed by atoms with Gasteiger partial charge >= 0.3 is 0 Å². The van der Waals surface area contributed by atoms with Gasteiger partial charge in [-0.15, -0.1) is 0 Å². The first kappa shape index (κ1) is 16.0. The third-order valence-corrected chi connectivity index (χ3v) is 4.24. The standard InChI is InChI=1S/C17H20N4O3/c18-17(23)15-10-14(19-20-15)12-6-8-21(9-7-12)16(22)11-24-13-4-2-1-3-5-13/h1-5,10,12H,6-9,11H2,(H2,18,23)(H,19,20). The third-order valence-electron chi connectivity index (χ3n) is 4.24. The van der Waals surface area contributed by atoms with E-state index in [-0.39, 0.29) is 24.1 Å². The van der Waals surface area contributed by atoms with Crippen LogP contribution in [-0.4, -0.2) is 46.6 Å². The second-order valence-electron chi connectivity index (χ2n) is 5.83. The van der Waals surface area contributed by atoms with Gasteiger partial charge in [-0.1, -0.05) is 18.2 Å². The molecule has 0 atom stereocenters. The molecule has 0 bridgehead atoms. The highest BCUT2D eigenvalue weighted by Gasteiger charge is 2.25. The second-order valence-corrected chi connectivity index (χ2v) is 5.83. The molecule has 0 radical (unpaired) electrons. The lowest BCUT2D eigenvalue weighted by molar-refractivity contribution is -0.134. The van der Waals surface area contributed by atoms with Crippen molar-refractivity contribution in [3.05, 3.63) is 47.8 Å². The Bertz CT molecular complexity index is 706. The lowest BCUT2D eigenvalue weighted by atomic mass is 9.93. The van der Waals surface area contributed by atoms with E-state index in [1.807, 2.05) is 35.2 Å². The minimum Gasteiger partial charge on any atom is -0.484 e. The quantitative estimate of drug-likeness (QED) is 0.863. The molecule has 1 aliphatic heterocycles. The van der Waals surface area contributed by atoms with Crippen molar-refractivity contribution in [1.82, 2.24) is 15.1 Å². The molecule has 126 valence electrons. The SMILES string of the molecule is NC(=O)c1cc(C2CCN(C(=O)COc3ccccc3)CC2)[nH]n1. The Kier molecular flexibility index (Phi) is 4.79. The van der Waals surface area contributed by atoms with Crippen molar-refractivity contribution in [2.45, 2.75) is 18.8 Å². The molecule has 1 aliphatic rings. The van der Waals surface area contributed by atoms with Crippen molar-refractivity contribution in [3.8, 4) is 5.75 Å². The summed E-state index contributed by atoms with van der Waals surface area (Å²) < 4.78 is 5.50. The van der Waals surface area contributed by atoms with Gasteiger partial charge in [-0.25, -0.2) is 0 Å². The van der Waals surface area contributed by atoms with E-state index in [9.17, 15) is 9.59 Å². The van der Waals surface area contributed by atoms with E-state index in [1.165, 1.54) is 0 Å². The highest BCUT2D eigenvalue weighted by atomic mass is 16.5. The molecule has 1 aromatic carbocycles. The van der Waals surface area contributed by atoms with Crippen LogP contribution in [-0.2, 0) is 4.79 Å². The average Bonchev–Trinajstić information content (AvgIpc) is 3.11. The number of nitrogens with zero attached hydrogens (tertiary/aromatic N) is 2. The van der Waals surface area contributed by atoms with Crippen molar-refractivity contribution in [3.63, 3.8) is 0 Å². The Balaban J connectivity index is 1.49. The number of rotatable bonds is 5. The molecule has 1 fully saturated rings. The molecule has 3 N–H and O–H groups in total. The van der Waals surface area contributed by atoms with Gasteiger partial charge in [-0.2, -0.15) is 5.10 Å². The van der Waals surface area contributed by atoms with E-state index < -0.39 is 5.91 Å². The summed E-state index contributed by atoms with van der Waals surface area (Å²) in [6.45, 7) is 1.36. The van der Waals surface area contributed by atoms with Gasteiger partial charge in [0.1, 0.15) is 11.4 Å². The zero-order valence-corrected chi connectivity index (χ0v) is 13.3. The van der Waals surface area contributed by atoms with Crippen LogP contribution >= 0.6 is 0 Å². The molecule has 0 unspecified atom stereocenters. The number of H-pyrrole nitrogens is 1. The molecular weight excluding hydrogens is 308 g/mol. The summed E-state index contributed by atoms with van der Waals surface area (Å²) in [5, 5.41) is 6.78. The number of para-hydroxylation sites is 1. The molecule has 1 aromatic heterocycles. The summed E-state index contributed by atoms with van der Waals surface area (Å²) in [6, 6.07) is 11.0. The Labute approximate surface area is 139 Å². The van der Waals surface area contributed by atoms with Crippen LogP contribution in [0.4, 0.5) is 0 Å². The maximum absolute atomic E-state index is 12.2. The topological polar surface area (TPSA) is 101 Å². The highest BCUT2D eigenvalue weighted by molar-refractivity contribution is 5.90. The summed E-state index contributed by atoms with van der Waals surface area (Å²) in [7, 11) is 0. The fourth-order valence-corrected chi connectivity index (χ4v) is 2.86. The number of nitrogens with one attached hydrogen (secondary N) is 1. The van der Waals surface area contributed by atoms with Gasteiger partial charge in [0.2, 0.25) is 0 Å². The monoisotopic (exact) mass is 328 g/mol. The molecule has 1 saturated heterocycles. The number of aromatic nitrogens is 2. The summed E-state index contributed by atoms with van der Waals surface area (Å²) in [5.74, 6) is 0.393. The van der Waals surface area contributed by atoms with E-state index in [0.717, 1.165) is 18.5 Å². The maximum atomic E-state index is 12.2. The minimum absolute atomic E-state index is 0.0141. The predicted molar refractivity (Wildman–Crippen MR) is 87.6 cm³/mol. The summed E-state index contributed by atoms with van der Waals surface area (Å²) in [4.78, 5) is 25.1. The van der Waals surface area contributed by atoms with Crippen molar-refractivity contribution < 1.29 is 14.3 Å². The second kappa shape index (κ2) is 7.16. The average molecular weight is 328 g/mol. The first-order chi connectivity index (χ1) is 11.6. The molecule has 2 heterocycles. The normalized spacial score (nSPS) is 15.2. The number of ether oxygens (including phenoxy) is 1. The summed E-state index contributed by atoms with van der Waals surface area (Å²) in [6.07, 6.45) is 1.63. The van der Waals surface area contributed by atoms with Crippen molar-refractivity contribution in [1.29, 1.82) is 0 Å². The molecule has 7 heteroatoms. The number of benzene rings is 1. The highest BCUT2D eigenvalue weighted by Crippen LogP contribution is 2.27. The fourth-order valence-electron chi connectivity index (χ4n) is 2.86. The minimum atomic E-state index is -0.539. The zero-order chi connectivity index (χ0) is 16.9. The largest absolute Gasteiger partial charge is 0.484 e. The Morgan fingerprint density at radius 2 is 1.96 bits per heavy atom. The number of piperidine rings is 1. The molecule has 0 saturated carbocycles. The lowest BCUT2D eigenvalue weighted by Crippen LogP contribution is -2.40. The first-order valence-corrected chi connectivity index (χ1v) is 7.94. The molecule has 0 aliphatic carbocycles. The number of nitrogens with two attached hydrogens (primary N) is 1. The lowest BCUT2D eigenvalue weighted by Gasteiger charge is -2.31. The van der Waals surface area contributed by atoms with E-state index in [4.69, 9.17) is 10.5 Å². The van der Waals surface area contributed by atoms with E-state index in [1.54, 1.807) is 6.07 Å². The summed E-state index contributed by atoms with van der Waals surface area (Å²) in [5.41, 5.74) is 6.36. The van der Waals surface area contributed by atoms with Crippen LogP contribution in [0.25, 0.3) is 0 Å². The van der Waals surface area contributed by atoms with Crippen LogP contribution in [0, 0.1) is 0 Å². The molecule has 0 spiro atoms. The van der Waals surface area contributed by atoms with Gasteiger partial charge in [-0.3, -0.25) is 14.7 Å². The third kappa shape index (κ3) is 3.73. The van der Waals surface area contributed by atoms with E-state index >= 15 is 0 Å². The molecule has 2 aromatic rings. The predicted octanol–water partition coefficient (Wildman–Crippen LogP) is 1.29. The van der Waals surface area contributed by atoms with Gasteiger partial charge in [-0.05, 0) is 31.0 Å². The number of hydrogen-bond acceptors (Lipinski definition) is 4. The van der Waals surface area contributed by atoms with E-state index in [2.05, 4.69) is 10.2 Å². The molecular formula is C17H20N4O3. The Hall–Kier alpha value is -2.83. The number of carbonyl (C=O) groups is 2. The molecule has 24 heavy (non-hydrogen) atoms. The smallest absolute Gasteiger partial charge is 0.269 e. The van der Waals surface area contributed by atoms with Crippen LogP contribution in [0.1, 0.15) is 34.9 Å². The number of carbonyl (C=O) groups excluding carboxylic acids is 2. The molecule has 3 rings (SSSR count). The number of hydrogen-bond donors (Lipinski definition) is 2. The first-order valence-electron chi connectivity index (χ1n) is 7.94. The van der Waals surface area contributed by atoms with Crippen LogP contribution in [0.15, 0.2) is 36.4 Å². The molecule has 2 amide bonds. The zero-order valence-electron chi connectivity index (χ0n) is 13.3.